The van der Waals surface area contributed by atoms with E-state index in [-0.39, 0.29) is 5.91 Å². The van der Waals surface area contributed by atoms with Crippen LogP contribution in [0.5, 0.6) is 0 Å². The summed E-state index contributed by atoms with van der Waals surface area (Å²) in [5.74, 6) is 0.00162. The van der Waals surface area contributed by atoms with Crippen molar-refractivity contribution in [2.24, 2.45) is 0 Å². The van der Waals surface area contributed by atoms with Crippen molar-refractivity contribution >= 4 is 17.3 Å². The number of aromatic nitrogens is 1. The Morgan fingerprint density at radius 2 is 2.00 bits per heavy atom. The van der Waals surface area contributed by atoms with Crippen molar-refractivity contribution in [3.8, 4) is 0 Å². The molecule has 1 aromatic heterocycles. The van der Waals surface area contributed by atoms with Crippen molar-refractivity contribution in [1.82, 2.24) is 4.98 Å². The zero-order chi connectivity index (χ0) is 12.5. The molecule has 0 saturated carbocycles. The summed E-state index contributed by atoms with van der Waals surface area (Å²) >= 11 is 0. The number of carbonyl (C=O) groups excluding carboxylic acids is 1. The van der Waals surface area contributed by atoms with Crippen LogP contribution in [0.4, 0.5) is 11.4 Å². The van der Waals surface area contributed by atoms with Crippen LogP contribution < -0.4 is 10.6 Å². The zero-order valence-electron chi connectivity index (χ0n) is 9.84. The average Bonchev–Trinajstić information content (AvgIpc) is 2.84. The van der Waals surface area contributed by atoms with Gasteiger partial charge in [-0.05, 0) is 30.7 Å². The van der Waals surface area contributed by atoms with Crippen LogP contribution in [-0.2, 0) is 6.42 Å². The fourth-order valence-electron chi connectivity index (χ4n) is 2.32. The molecule has 1 aliphatic heterocycles. The zero-order valence-corrected chi connectivity index (χ0v) is 9.84. The lowest BCUT2D eigenvalue weighted by Crippen LogP contribution is -2.28. The largest absolute Gasteiger partial charge is 0.398 e. The van der Waals surface area contributed by atoms with Gasteiger partial charge in [-0.2, -0.15) is 0 Å². The molecule has 0 aliphatic carbocycles. The quantitative estimate of drug-likeness (QED) is 0.773. The number of anilines is 2. The SMILES string of the molecule is Nc1cccc2c1CCN2C(=O)c1ccncc1. The Morgan fingerprint density at radius 3 is 2.78 bits per heavy atom. The molecule has 0 bridgehead atoms. The molecule has 0 unspecified atom stereocenters. The predicted octanol–water partition coefficient (Wildman–Crippen LogP) is 1.87. The third-order valence-electron chi connectivity index (χ3n) is 3.24. The van der Waals surface area contributed by atoms with E-state index in [1.165, 1.54) is 0 Å². The number of hydrogen-bond donors (Lipinski definition) is 1. The summed E-state index contributed by atoms with van der Waals surface area (Å²) in [6.45, 7) is 0.685. The summed E-state index contributed by atoms with van der Waals surface area (Å²) in [5.41, 5.74) is 9.34. The number of hydrogen-bond acceptors (Lipinski definition) is 3. The number of fused-ring (bicyclic) bond motifs is 1. The van der Waals surface area contributed by atoms with Crippen LogP contribution in [0.2, 0.25) is 0 Å². The second-order valence-electron chi connectivity index (χ2n) is 4.29. The van der Waals surface area contributed by atoms with E-state index < -0.39 is 0 Å². The monoisotopic (exact) mass is 239 g/mol. The molecule has 0 radical (unpaired) electrons. The minimum absolute atomic E-state index is 0.00162. The molecule has 4 heteroatoms. The highest BCUT2D eigenvalue weighted by atomic mass is 16.2. The smallest absolute Gasteiger partial charge is 0.258 e. The van der Waals surface area contributed by atoms with Gasteiger partial charge in [0.05, 0.1) is 0 Å². The molecule has 0 fully saturated rings. The lowest BCUT2D eigenvalue weighted by Gasteiger charge is -2.17. The van der Waals surface area contributed by atoms with E-state index in [0.717, 1.165) is 23.4 Å². The van der Waals surface area contributed by atoms with Crippen LogP contribution in [0, 0.1) is 0 Å². The summed E-state index contributed by atoms with van der Waals surface area (Å²) in [7, 11) is 0. The van der Waals surface area contributed by atoms with Crippen LogP contribution >= 0.6 is 0 Å². The van der Waals surface area contributed by atoms with E-state index in [0.29, 0.717) is 12.1 Å². The molecule has 2 aromatic rings. The fourth-order valence-corrected chi connectivity index (χ4v) is 2.32. The van der Waals surface area contributed by atoms with Crippen molar-refractivity contribution in [3.05, 3.63) is 53.9 Å². The van der Waals surface area contributed by atoms with Crippen molar-refractivity contribution in [2.45, 2.75) is 6.42 Å². The minimum Gasteiger partial charge on any atom is -0.398 e. The number of amides is 1. The van der Waals surface area contributed by atoms with Gasteiger partial charge < -0.3 is 10.6 Å². The van der Waals surface area contributed by atoms with Gasteiger partial charge in [-0.1, -0.05) is 6.07 Å². The van der Waals surface area contributed by atoms with Gasteiger partial charge in [0.15, 0.2) is 0 Å². The average molecular weight is 239 g/mol. The molecule has 2 heterocycles. The number of pyridine rings is 1. The maximum Gasteiger partial charge on any atom is 0.258 e. The molecule has 3 rings (SSSR count). The van der Waals surface area contributed by atoms with Gasteiger partial charge in [-0.3, -0.25) is 9.78 Å². The highest BCUT2D eigenvalue weighted by Crippen LogP contribution is 2.32. The summed E-state index contributed by atoms with van der Waals surface area (Å²) in [6, 6.07) is 9.16. The molecule has 0 spiro atoms. The van der Waals surface area contributed by atoms with Gasteiger partial charge in [0.25, 0.3) is 5.91 Å². The van der Waals surface area contributed by atoms with E-state index in [4.69, 9.17) is 5.73 Å². The number of carbonyl (C=O) groups is 1. The molecule has 90 valence electrons. The van der Waals surface area contributed by atoms with Gasteiger partial charge in [0.1, 0.15) is 0 Å². The summed E-state index contributed by atoms with van der Waals surface area (Å²) in [4.78, 5) is 18.1. The molecule has 18 heavy (non-hydrogen) atoms. The predicted molar refractivity (Wildman–Crippen MR) is 70.5 cm³/mol. The van der Waals surface area contributed by atoms with E-state index in [2.05, 4.69) is 4.98 Å². The molecule has 0 saturated heterocycles. The first-order chi connectivity index (χ1) is 8.77. The number of nitrogens with two attached hydrogens (primary N) is 1. The van der Waals surface area contributed by atoms with Crippen LogP contribution in [-0.4, -0.2) is 17.4 Å². The first kappa shape index (κ1) is 10.8. The lowest BCUT2D eigenvalue weighted by molar-refractivity contribution is 0.0989. The molecule has 1 amide bonds. The first-order valence-electron chi connectivity index (χ1n) is 5.86. The van der Waals surface area contributed by atoms with Crippen LogP contribution in [0.1, 0.15) is 15.9 Å². The van der Waals surface area contributed by atoms with Crippen molar-refractivity contribution < 1.29 is 4.79 Å². The van der Waals surface area contributed by atoms with Gasteiger partial charge in [-0.25, -0.2) is 0 Å². The second kappa shape index (κ2) is 4.14. The summed E-state index contributed by atoms with van der Waals surface area (Å²) in [5, 5.41) is 0. The third kappa shape index (κ3) is 1.62. The van der Waals surface area contributed by atoms with E-state index in [1.807, 2.05) is 18.2 Å². The first-order valence-corrected chi connectivity index (χ1v) is 5.86. The van der Waals surface area contributed by atoms with Gasteiger partial charge in [0.2, 0.25) is 0 Å². The van der Waals surface area contributed by atoms with Gasteiger partial charge in [0, 0.05) is 41.4 Å². The van der Waals surface area contributed by atoms with E-state index in [9.17, 15) is 4.79 Å². The standard InChI is InChI=1S/C14H13N3O/c15-12-2-1-3-13-11(12)6-9-17(13)14(18)10-4-7-16-8-5-10/h1-5,7-8H,6,9,15H2. The van der Waals surface area contributed by atoms with Crippen LogP contribution in [0.25, 0.3) is 0 Å². The molecule has 4 nitrogen and oxygen atoms in total. The highest BCUT2D eigenvalue weighted by Gasteiger charge is 2.26. The topological polar surface area (TPSA) is 59.2 Å². The van der Waals surface area contributed by atoms with Crippen molar-refractivity contribution in [2.75, 3.05) is 17.2 Å². The molecule has 1 aromatic carbocycles. The number of nitrogens with zero attached hydrogens (tertiary/aromatic N) is 2. The third-order valence-corrected chi connectivity index (χ3v) is 3.24. The number of benzene rings is 1. The summed E-state index contributed by atoms with van der Waals surface area (Å²) in [6.07, 6.45) is 4.08. The minimum atomic E-state index is 0.00162. The highest BCUT2D eigenvalue weighted by molar-refractivity contribution is 6.07. The summed E-state index contributed by atoms with van der Waals surface area (Å²) < 4.78 is 0. The molecular weight excluding hydrogens is 226 g/mol. The normalized spacial score (nSPS) is 13.4. The Hall–Kier alpha value is -2.36. The Labute approximate surface area is 105 Å². The maximum absolute atomic E-state index is 12.4. The van der Waals surface area contributed by atoms with Crippen LogP contribution in [0.3, 0.4) is 0 Å². The molecule has 0 atom stereocenters. The maximum atomic E-state index is 12.4. The van der Waals surface area contributed by atoms with Crippen molar-refractivity contribution in [3.63, 3.8) is 0 Å². The van der Waals surface area contributed by atoms with Crippen molar-refractivity contribution in [1.29, 1.82) is 0 Å². The number of rotatable bonds is 1. The Morgan fingerprint density at radius 1 is 1.22 bits per heavy atom. The Kier molecular flexibility index (Phi) is 2.48. The van der Waals surface area contributed by atoms with E-state index >= 15 is 0 Å². The van der Waals surface area contributed by atoms with Gasteiger partial charge >= 0.3 is 0 Å². The second-order valence-corrected chi connectivity index (χ2v) is 4.29. The lowest BCUT2D eigenvalue weighted by atomic mass is 10.1. The molecule has 1 aliphatic rings. The fraction of sp³-hybridized carbons (Fsp3) is 0.143. The molecular formula is C14H13N3O. The van der Waals surface area contributed by atoms with E-state index in [1.54, 1.807) is 29.4 Å². The van der Waals surface area contributed by atoms with Gasteiger partial charge in [-0.15, -0.1) is 0 Å². The Balaban J connectivity index is 1.98. The number of nitrogen functional groups attached to an aromatic ring is 1. The molecule has 2 N–H and O–H groups in total. The Bertz CT molecular complexity index is 595. The van der Waals surface area contributed by atoms with Crippen LogP contribution in [0.15, 0.2) is 42.7 Å².